The molecule has 0 spiro atoms. The van der Waals surface area contributed by atoms with Crippen LogP contribution < -0.4 is 10.6 Å². The third-order valence-electron chi connectivity index (χ3n) is 2.84. The first-order valence-electron chi connectivity index (χ1n) is 5.88. The van der Waals surface area contributed by atoms with Gasteiger partial charge in [0, 0.05) is 17.8 Å². The summed E-state index contributed by atoms with van der Waals surface area (Å²) >= 11 is 0. The summed E-state index contributed by atoms with van der Waals surface area (Å²) in [5.74, 6) is -0.729. The number of esters is 1. The second-order valence-corrected chi connectivity index (χ2v) is 4.18. The molecule has 1 aromatic rings. The van der Waals surface area contributed by atoms with Gasteiger partial charge in [0.25, 0.3) is 5.91 Å². The summed E-state index contributed by atoms with van der Waals surface area (Å²) < 4.78 is 4.47. The summed E-state index contributed by atoms with van der Waals surface area (Å²) in [4.78, 5) is 33.9. The normalized spacial score (nSPS) is 12.6. The van der Waals surface area contributed by atoms with Crippen molar-refractivity contribution in [2.45, 2.75) is 12.8 Å². The fourth-order valence-corrected chi connectivity index (χ4v) is 1.84. The predicted octanol–water partition coefficient (Wildman–Crippen LogP) is 0.474. The van der Waals surface area contributed by atoms with Crippen molar-refractivity contribution in [1.29, 1.82) is 0 Å². The van der Waals surface area contributed by atoms with Gasteiger partial charge in [-0.3, -0.25) is 14.4 Å². The lowest BCUT2D eigenvalue weighted by molar-refractivity contribution is -0.140. The lowest BCUT2D eigenvalue weighted by atomic mass is 10.1. The standard InChI is InChI=1S/C13H14N2O4/c1-19-12(17)4-5-14-13(18)9-3-2-8-7-11(16)15-10(8)6-9/h2-3,6H,4-5,7H2,1H3,(H,14,18)(H,15,16). The van der Waals surface area contributed by atoms with Crippen LogP contribution in [0.25, 0.3) is 0 Å². The number of anilines is 1. The van der Waals surface area contributed by atoms with Crippen molar-refractivity contribution in [3.63, 3.8) is 0 Å². The number of benzene rings is 1. The molecule has 0 bridgehead atoms. The largest absolute Gasteiger partial charge is 0.469 e. The number of methoxy groups -OCH3 is 1. The fraction of sp³-hybridized carbons (Fsp3) is 0.308. The van der Waals surface area contributed by atoms with Gasteiger partial charge in [-0.2, -0.15) is 0 Å². The van der Waals surface area contributed by atoms with Crippen LogP contribution in [0, 0.1) is 0 Å². The van der Waals surface area contributed by atoms with Crippen molar-refractivity contribution in [2.75, 3.05) is 19.0 Å². The Morgan fingerprint density at radius 1 is 1.42 bits per heavy atom. The van der Waals surface area contributed by atoms with E-state index in [2.05, 4.69) is 15.4 Å². The number of nitrogens with one attached hydrogen (secondary N) is 2. The van der Waals surface area contributed by atoms with E-state index < -0.39 is 0 Å². The highest BCUT2D eigenvalue weighted by Crippen LogP contribution is 2.23. The van der Waals surface area contributed by atoms with E-state index in [9.17, 15) is 14.4 Å². The highest BCUT2D eigenvalue weighted by Gasteiger charge is 2.18. The average Bonchev–Trinajstić information content (AvgIpc) is 2.77. The molecule has 1 heterocycles. The summed E-state index contributed by atoms with van der Waals surface area (Å²) in [5.41, 5.74) is 2.01. The minimum absolute atomic E-state index is 0.0711. The van der Waals surface area contributed by atoms with E-state index in [4.69, 9.17) is 0 Å². The maximum absolute atomic E-state index is 11.8. The maximum atomic E-state index is 11.8. The summed E-state index contributed by atoms with van der Waals surface area (Å²) in [7, 11) is 1.30. The smallest absolute Gasteiger partial charge is 0.307 e. The molecule has 6 nitrogen and oxygen atoms in total. The van der Waals surface area contributed by atoms with Crippen LogP contribution in [0.1, 0.15) is 22.3 Å². The molecule has 1 aliphatic heterocycles. The molecule has 100 valence electrons. The van der Waals surface area contributed by atoms with Crippen molar-refractivity contribution in [3.8, 4) is 0 Å². The first kappa shape index (κ1) is 13.1. The lowest BCUT2D eigenvalue weighted by Gasteiger charge is -2.06. The average molecular weight is 262 g/mol. The van der Waals surface area contributed by atoms with Gasteiger partial charge in [-0.25, -0.2) is 0 Å². The van der Waals surface area contributed by atoms with E-state index in [0.717, 1.165) is 5.56 Å². The molecule has 0 atom stereocenters. The second-order valence-electron chi connectivity index (χ2n) is 4.18. The second kappa shape index (κ2) is 5.51. The highest BCUT2D eigenvalue weighted by molar-refractivity contribution is 6.02. The van der Waals surface area contributed by atoms with Gasteiger partial charge >= 0.3 is 5.97 Å². The van der Waals surface area contributed by atoms with Crippen molar-refractivity contribution in [3.05, 3.63) is 29.3 Å². The summed E-state index contributed by atoms with van der Waals surface area (Å²) in [6.07, 6.45) is 0.476. The molecule has 0 unspecified atom stereocenters. The molecule has 0 fully saturated rings. The van der Waals surface area contributed by atoms with E-state index in [1.54, 1.807) is 18.2 Å². The molecule has 1 aliphatic rings. The summed E-state index contributed by atoms with van der Waals surface area (Å²) in [6, 6.07) is 5.04. The number of carbonyl (C=O) groups excluding carboxylic acids is 3. The van der Waals surface area contributed by atoms with Gasteiger partial charge in [0.2, 0.25) is 5.91 Å². The van der Waals surface area contributed by atoms with Crippen LogP contribution in [0.15, 0.2) is 18.2 Å². The van der Waals surface area contributed by atoms with Gasteiger partial charge in [0.1, 0.15) is 0 Å². The molecule has 19 heavy (non-hydrogen) atoms. The molecule has 0 aromatic heterocycles. The van der Waals surface area contributed by atoms with Crippen LogP contribution in [-0.4, -0.2) is 31.4 Å². The number of ether oxygens (including phenoxy) is 1. The Balaban J connectivity index is 1.95. The zero-order chi connectivity index (χ0) is 13.8. The Hall–Kier alpha value is -2.37. The third kappa shape index (κ3) is 3.09. The highest BCUT2D eigenvalue weighted by atomic mass is 16.5. The van der Waals surface area contributed by atoms with Crippen LogP contribution >= 0.6 is 0 Å². The molecule has 2 rings (SSSR count). The third-order valence-corrected chi connectivity index (χ3v) is 2.84. The Morgan fingerprint density at radius 3 is 2.95 bits per heavy atom. The van der Waals surface area contributed by atoms with Gasteiger partial charge in [-0.05, 0) is 17.7 Å². The number of hydrogen-bond acceptors (Lipinski definition) is 4. The fourth-order valence-electron chi connectivity index (χ4n) is 1.84. The number of fused-ring (bicyclic) bond motifs is 1. The molecule has 0 saturated carbocycles. The molecule has 6 heteroatoms. The zero-order valence-electron chi connectivity index (χ0n) is 10.5. The molecule has 0 aliphatic carbocycles. The van der Waals surface area contributed by atoms with Crippen LogP contribution in [0.3, 0.4) is 0 Å². The molecule has 2 N–H and O–H groups in total. The van der Waals surface area contributed by atoms with Gasteiger partial charge in [-0.1, -0.05) is 6.07 Å². The molecule has 1 aromatic carbocycles. The summed E-state index contributed by atoms with van der Waals surface area (Å²) in [5, 5.41) is 5.30. The number of amides is 2. The van der Waals surface area contributed by atoms with Gasteiger partial charge in [0.05, 0.1) is 20.0 Å². The van der Waals surface area contributed by atoms with E-state index in [1.165, 1.54) is 7.11 Å². The van der Waals surface area contributed by atoms with Crippen LogP contribution in [0.2, 0.25) is 0 Å². The van der Waals surface area contributed by atoms with E-state index in [0.29, 0.717) is 17.7 Å². The Labute approximate surface area is 110 Å². The predicted molar refractivity (Wildman–Crippen MR) is 67.7 cm³/mol. The molecule has 0 radical (unpaired) electrons. The van der Waals surface area contributed by atoms with Crippen LogP contribution in [0.5, 0.6) is 0 Å². The van der Waals surface area contributed by atoms with Crippen LogP contribution in [-0.2, 0) is 20.7 Å². The van der Waals surface area contributed by atoms with Gasteiger partial charge in [0.15, 0.2) is 0 Å². The Kier molecular flexibility index (Phi) is 3.79. The van der Waals surface area contributed by atoms with Crippen molar-refractivity contribution in [1.82, 2.24) is 5.32 Å². The Morgan fingerprint density at radius 2 is 2.21 bits per heavy atom. The maximum Gasteiger partial charge on any atom is 0.307 e. The van der Waals surface area contributed by atoms with Crippen molar-refractivity contribution >= 4 is 23.5 Å². The topological polar surface area (TPSA) is 84.5 Å². The van der Waals surface area contributed by atoms with Crippen LogP contribution in [0.4, 0.5) is 5.69 Å². The monoisotopic (exact) mass is 262 g/mol. The first-order chi connectivity index (χ1) is 9.10. The van der Waals surface area contributed by atoms with E-state index in [-0.39, 0.29) is 30.7 Å². The van der Waals surface area contributed by atoms with E-state index in [1.807, 2.05) is 0 Å². The molecular formula is C13H14N2O4. The summed E-state index contributed by atoms with van der Waals surface area (Å²) in [6.45, 7) is 0.217. The molecular weight excluding hydrogens is 248 g/mol. The first-order valence-corrected chi connectivity index (χ1v) is 5.88. The van der Waals surface area contributed by atoms with Crippen molar-refractivity contribution in [2.24, 2.45) is 0 Å². The molecule has 2 amide bonds. The number of rotatable bonds is 4. The van der Waals surface area contributed by atoms with Crippen molar-refractivity contribution < 1.29 is 19.1 Å². The Bertz CT molecular complexity index is 539. The quantitative estimate of drug-likeness (QED) is 0.773. The van der Waals surface area contributed by atoms with Gasteiger partial charge in [-0.15, -0.1) is 0 Å². The lowest BCUT2D eigenvalue weighted by Crippen LogP contribution is -2.26. The zero-order valence-corrected chi connectivity index (χ0v) is 10.5. The van der Waals surface area contributed by atoms with E-state index >= 15 is 0 Å². The van der Waals surface area contributed by atoms with Gasteiger partial charge < -0.3 is 15.4 Å². The minimum Gasteiger partial charge on any atom is -0.469 e. The SMILES string of the molecule is COC(=O)CCNC(=O)c1ccc2c(c1)NC(=O)C2. The number of carbonyl (C=O) groups is 3. The minimum atomic E-state index is -0.374. The molecule has 0 saturated heterocycles. The number of hydrogen-bond donors (Lipinski definition) is 2.